The summed E-state index contributed by atoms with van der Waals surface area (Å²) in [6.45, 7) is 2.20. The number of hydrogen-bond acceptors (Lipinski definition) is 2. The Labute approximate surface area is 126 Å². The maximum absolute atomic E-state index is 6.45. The molecule has 2 N–H and O–H groups in total. The number of rotatable bonds is 5. The van der Waals surface area contributed by atoms with E-state index in [9.17, 15) is 0 Å². The molecule has 3 nitrogen and oxygen atoms in total. The van der Waals surface area contributed by atoms with Gasteiger partial charge in [-0.05, 0) is 49.7 Å². The second-order valence-corrected chi connectivity index (χ2v) is 6.51. The fourth-order valence-electron chi connectivity index (χ4n) is 3.20. The summed E-state index contributed by atoms with van der Waals surface area (Å²) in [7, 11) is 0. The van der Waals surface area contributed by atoms with Crippen molar-refractivity contribution in [2.75, 3.05) is 5.73 Å². The zero-order valence-electron chi connectivity index (χ0n) is 12.7. The Morgan fingerprint density at radius 3 is 2.71 bits per heavy atom. The molecule has 110 valence electrons. The van der Waals surface area contributed by atoms with Crippen molar-refractivity contribution in [1.82, 2.24) is 9.55 Å². The van der Waals surface area contributed by atoms with Gasteiger partial charge in [0, 0.05) is 18.0 Å². The molecular weight excluding hydrogens is 258 g/mol. The van der Waals surface area contributed by atoms with Gasteiger partial charge in [0.2, 0.25) is 0 Å². The fourth-order valence-corrected chi connectivity index (χ4v) is 3.20. The summed E-state index contributed by atoms with van der Waals surface area (Å²) in [5.41, 5.74) is 10.1. The Morgan fingerprint density at radius 1 is 1.24 bits per heavy atom. The van der Waals surface area contributed by atoms with Crippen LogP contribution in [0, 0.1) is 0 Å². The monoisotopic (exact) mass is 281 g/mol. The van der Waals surface area contributed by atoms with Crippen LogP contribution in [-0.2, 0) is 6.42 Å². The number of benzene rings is 1. The van der Waals surface area contributed by atoms with E-state index < -0.39 is 0 Å². The van der Waals surface area contributed by atoms with Gasteiger partial charge < -0.3 is 10.3 Å². The largest absolute Gasteiger partial charge is 0.383 e. The molecule has 0 bridgehead atoms. The molecule has 0 saturated heterocycles. The van der Waals surface area contributed by atoms with Gasteiger partial charge in [0.1, 0.15) is 17.3 Å². The summed E-state index contributed by atoms with van der Waals surface area (Å²) in [5.74, 6) is 2.81. The van der Waals surface area contributed by atoms with Crippen LogP contribution in [0.3, 0.4) is 0 Å². The molecule has 0 atom stereocenters. The number of hydrogen-bond donors (Lipinski definition) is 1. The third-order valence-electron chi connectivity index (χ3n) is 4.62. The van der Waals surface area contributed by atoms with Gasteiger partial charge in [-0.1, -0.05) is 25.1 Å². The topological polar surface area (TPSA) is 43.8 Å². The van der Waals surface area contributed by atoms with E-state index in [0.29, 0.717) is 6.04 Å². The molecule has 2 aromatic rings. The van der Waals surface area contributed by atoms with Gasteiger partial charge in [-0.15, -0.1) is 0 Å². The Morgan fingerprint density at radius 2 is 2.05 bits per heavy atom. The first-order chi connectivity index (χ1) is 10.3. The molecule has 2 aliphatic carbocycles. The Balaban J connectivity index is 1.77. The van der Waals surface area contributed by atoms with Gasteiger partial charge >= 0.3 is 0 Å². The highest BCUT2D eigenvalue weighted by molar-refractivity contribution is 5.72. The van der Waals surface area contributed by atoms with Crippen molar-refractivity contribution in [1.29, 1.82) is 0 Å². The van der Waals surface area contributed by atoms with Gasteiger partial charge in [0.05, 0.1) is 0 Å². The summed E-state index contributed by atoms with van der Waals surface area (Å²) >= 11 is 0. The number of anilines is 1. The van der Waals surface area contributed by atoms with Crippen LogP contribution in [0.4, 0.5) is 5.82 Å². The molecule has 0 unspecified atom stereocenters. The second-order valence-electron chi connectivity index (χ2n) is 6.51. The summed E-state index contributed by atoms with van der Waals surface area (Å²) in [5, 5.41) is 0. The van der Waals surface area contributed by atoms with Crippen molar-refractivity contribution < 1.29 is 0 Å². The smallest absolute Gasteiger partial charge is 0.131 e. The number of nitrogens with two attached hydrogens (primary N) is 1. The van der Waals surface area contributed by atoms with Crippen LogP contribution in [0.2, 0.25) is 0 Å². The molecule has 1 aromatic heterocycles. The zero-order valence-corrected chi connectivity index (χ0v) is 12.7. The summed E-state index contributed by atoms with van der Waals surface area (Å²) in [6.07, 6.45) is 7.29. The van der Waals surface area contributed by atoms with Gasteiger partial charge in [-0.2, -0.15) is 0 Å². The second kappa shape index (κ2) is 4.90. The summed E-state index contributed by atoms with van der Waals surface area (Å²) in [6, 6.07) is 9.43. The lowest BCUT2D eigenvalue weighted by Crippen LogP contribution is -2.05. The number of aryl methyl sites for hydroxylation is 1. The maximum Gasteiger partial charge on any atom is 0.131 e. The van der Waals surface area contributed by atoms with Crippen molar-refractivity contribution >= 4 is 5.82 Å². The average molecular weight is 281 g/mol. The first-order valence-corrected chi connectivity index (χ1v) is 8.24. The van der Waals surface area contributed by atoms with E-state index in [1.54, 1.807) is 0 Å². The Kier molecular flexibility index (Phi) is 3.02. The van der Waals surface area contributed by atoms with Crippen LogP contribution < -0.4 is 5.73 Å². The highest BCUT2D eigenvalue weighted by Gasteiger charge is 2.30. The van der Waals surface area contributed by atoms with E-state index in [-0.39, 0.29) is 0 Å². The first kappa shape index (κ1) is 12.9. The normalized spacial score (nSPS) is 18.1. The number of imidazole rings is 1. The molecule has 0 radical (unpaired) electrons. The minimum Gasteiger partial charge on any atom is -0.383 e. The van der Waals surface area contributed by atoms with Crippen LogP contribution >= 0.6 is 0 Å². The third-order valence-corrected chi connectivity index (χ3v) is 4.62. The van der Waals surface area contributed by atoms with Crippen LogP contribution in [0.15, 0.2) is 24.3 Å². The predicted molar refractivity (Wildman–Crippen MR) is 86.3 cm³/mol. The minimum atomic E-state index is 0.597. The van der Waals surface area contributed by atoms with E-state index in [2.05, 4.69) is 35.8 Å². The van der Waals surface area contributed by atoms with E-state index in [0.717, 1.165) is 30.3 Å². The predicted octanol–water partition coefficient (Wildman–Crippen LogP) is 4.30. The molecule has 0 spiro atoms. The molecule has 21 heavy (non-hydrogen) atoms. The third kappa shape index (κ3) is 2.35. The maximum atomic E-state index is 6.45. The first-order valence-electron chi connectivity index (χ1n) is 8.24. The van der Waals surface area contributed by atoms with Gasteiger partial charge in [-0.3, -0.25) is 0 Å². The minimum absolute atomic E-state index is 0.597. The van der Waals surface area contributed by atoms with Crippen LogP contribution in [-0.4, -0.2) is 9.55 Å². The van der Waals surface area contributed by atoms with Crippen LogP contribution in [0.1, 0.15) is 62.4 Å². The highest BCUT2D eigenvalue weighted by atomic mass is 15.2. The molecule has 3 heteroatoms. The van der Waals surface area contributed by atoms with Crippen molar-refractivity contribution in [3.63, 3.8) is 0 Å². The SMILES string of the molecule is CCCc1nc(-c2cccc(C3CC3)c2)c(N)n1C1CC1. The summed E-state index contributed by atoms with van der Waals surface area (Å²) < 4.78 is 2.29. The lowest BCUT2D eigenvalue weighted by Gasteiger charge is -2.07. The molecule has 2 fully saturated rings. The van der Waals surface area contributed by atoms with Crippen molar-refractivity contribution in [3.8, 4) is 11.3 Å². The number of aromatic nitrogens is 2. The molecule has 2 saturated carbocycles. The van der Waals surface area contributed by atoms with Crippen molar-refractivity contribution in [3.05, 3.63) is 35.7 Å². The molecule has 0 aliphatic heterocycles. The van der Waals surface area contributed by atoms with E-state index in [1.807, 2.05) is 0 Å². The van der Waals surface area contributed by atoms with E-state index in [4.69, 9.17) is 10.7 Å². The van der Waals surface area contributed by atoms with Crippen molar-refractivity contribution in [2.45, 2.75) is 57.4 Å². The lowest BCUT2D eigenvalue weighted by atomic mass is 10.1. The molecule has 0 amide bonds. The highest BCUT2D eigenvalue weighted by Crippen LogP contribution is 2.43. The fraction of sp³-hybridized carbons (Fsp3) is 0.500. The molecule has 1 heterocycles. The van der Waals surface area contributed by atoms with Crippen LogP contribution in [0.5, 0.6) is 0 Å². The summed E-state index contributed by atoms with van der Waals surface area (Å²) in [4.78, 5) is 4.89. The Bertz CT molecular complexity index is 663. The van der Waals surface area contributed by atoms with E-state index >= 15 is 0 Å². The lowest BCUT2D eigenvalue weighted by molar-refractivity contribution is 0.676. The Hall–Kier alpha value is -1.77. The quantitative estimate of drug-likeness (QED) is 0.888. The standard InChI is InChI=1S/C18H23N3/c1-2-4-16-20-17(18(19)21(16)15-9-10-15)14-6-3-5-13(11-14)12-7-8-12/h3,5-6,11-12,15H,2,4,7-10,19H2,1H3. The van der Waals surface area contributed by atoms with Crippen molar-refractivity contribution in [2.24, 2.45) is 0 Å². The van der Waals surface area contributed by atoms with Crippen LogP contribution in [0.25, 0.3) is 11.3 Å². The molecule has 1 aromatic carbocycles. The molecular formula is C18H23N3. The van der Waals surface area contributed by atoms with E-state index in [1.165, 1.54) is 42.6 Å². The number of nitrogens with zero attached hydrogens (tertiary/aromatic N) is 2. The molecule has 4 rings (SSSR count). The zero-order chi connectivity index (χ0) is 14.4. The van der Waals surface area contributed by atoms with Gasteiger partial charge in [0.25, 0.3) is 0 Å². The average Bonchev–Trinajstić information content (AvgIpc) is 3.38. The van der Waals surface area contributed by atoms with Gasteiger partial charge in [-0.25, -0.2) is 4.98 Å². The van der Waals surface area contributed by atoms with Gasteiger partial charge in [0.15, 0.2) is 0 Å². The number of nitrogen functional groups attached to an aromatic ring is 1. The molecule has 2 aliphatic rings.